The summed E-state index contributed by atoms with van der Waals surface area (Å²) in [4.78, 5) is 26.2. The first kappa shape index (κ1) is 20.0. The van der Waals surface area contributed by atoms with Gasteiger partial charge in [0.15, 0.2) is 11.5 Å². The Hall–Kier alpha value is -2.28. The molecule has 26 heavy (non-hydrogen) atoms. The van der Waals surface area contributed by atoms with Crippen LogP contribution < -0.4 is 20.1 Å². The van der Waals surface area contributed by atoms with E-state index in [2.05, 4.69) is 10.6 Å². The molecule has 0 aromatic heterocycles. The highest BCUT2D eigenvalue weighted by Crippen LogP contribution is 2.32. The van der Waals surface area contributed by atoms with Gasteiger partial charge in [0.05, 0.1) is 26.3 Å². The average Bonchev–Trinajstić information content (AvgIpc) is 2.77. The molecule has 1 aliphatic heterocycles. The van der Waals surface area contributed by atoms with E-state index in [9.17, 15) is 9.59 Å². The number of carbonyl (C=O) groups excluding carboxylic acids is 2. The first-order valence-electron chi connectivity index (χ1n) is 8.99. The summed E-state index contributed by atoms with van der Waals surface area (Å²) in [6, 6.07) is 5.35. The van der Waals surface area contributed by atoms with Crippen molar-refractivity contribution < 1.29 is 19.1 Å². The Morgan fingerprint density at radius 1 is 1.08 bits per heavy atom. The van der Waals surface area contributed by atoms with Crippen LogP contribution in [-0.4, -0.2) is 55.1 Å². The number of anilines is 1. The van der Waals surface area contributed by atoms with Crippen LogP contribution in [0.25, 0.3) is 0 Å². The number of benzene rings is 1. The number of fused-ring (bicyclic) bond motifs is 1. The lowest BCUT2D eigenvalue weighted by Crippen LogP contribution is -2.47. The molecule has 0 aliphatic carbocycles. The van der Waals surface area contributed by atoms with E-state index in [4.69, 9.17) is 9.47 Å². The predicted octanol–water partition coefficient (Wildman–Crippen LogP) is 2.02. The fourth-order valence-electron chi connectivity index (χ4n) is 2.59. The van der Waals surface area contributed by atoms with Crippen LogP contribution >= 0.6 is 0 Å². The molecule has 0 bridgehead atoms. The molecular formula is C19H29N3O4. The van der Waals surface area contributed by atoms with E-state index in [1.165, 1.54) is 0 Å². The average molecular weight is 363 g/mol. The largest absolute Gasteiger partial charge is 0.490 e. The second kappa shape index (κ2) is 8.89. The zero-order chi connectivity index (χ0) is 19.2. The molecule has 0 fully saturated rings. The predicted molar refractivity (Wildman–Crippen MR) is 101 cm³/mol. The molecule has 0 saturated carbocycles. The summed E-state index contributed by atoms with van der Waals surface area (Å²) >= 11 is 0. The van der Waals surface area contributed by atoms with Crippen molar-refractivity contribution in [2.45, 2.75) is 39.7 Å². The molecule has 1 aromatic rings. The van der Waals surface area contributed by atoms with Crippen molar-refractivity contribution >= 4 is 17.5 Å². The van der Waals surface area contributed by atoms with Crippen LogP contribution in [0.5, 0.6) is 11.5 Å². The summed E-state index contributed by atoms with van der Waals surface area (Å²) in [5.74, 6) is 1.05. The molecule has 7 nitrogen and oxygen atoms in total. The van der Waals surface area contributed by atoms with Crippen molar-refractivity contribution in [1.82, 2.24) is 10.2 Å². The number of nitrogens with one attached hydrogen (secondary N) is 2. The van der Waals surface area contributed by atoms with Gasteiger partial charge in [-0.2, -0.15) is 0 Å². The molecular weight excluding hydrogens is 334 g/mol. The van der Waals surface area contributed by atoms with Gasteiger partial charge in [0.25, 0.3) is 0 Å². The third kappa shape index (κ3) is 6.55. The Morgan fingerprint density at radius 3 is 2.38 bits per heavy atom. The van der Waals surface area contributed by atoms with Crippen molar-refractivity contribution in [1.29, 1.82) is 0 Å². The first-order chi connectivity index (χ1) is 12.3. The summed E-state index contributed by atoms with van der Waals surface area (Å²) in [7, 11) is 0. The zero-order valence-corrected chi connectivity index (χ0v) is 16.1. The van der Waals surface area contributed by atoms with Gasteiger partial charge in [0, 0.05) is 23.7 Å². The van der Waals surface area contributed by atoms with Gasteiger partial charge in [-0.15, -0.1) is 0 Å². The summed E-state index contributed by atoms with van der Waals surface area (Å²) in [6.07, 6.45) is 0.832. The maximum Gasteiger partial charge on any atom is 0.238 e. The quantitative estimate of drug-likeness (QED) is 0.808. The summed E-state index contributed by atoms with van der Waals surface area (Å²) in [5, 5.41) is 5.76. The minimum Gasteiger partial charge on any atom is -0.490 e. The molecule has 0 atom stereocenters. The van der Waals surface area contributed by atoms with Gasteiger partial charge in [-0.1, -0.05) is 6.92 Å². The highest BCUT2D eigenvalue weighted by atomic mass is 16.5. The smallest absolute Gasteiger partial charge is 0.238 e. The van der Waals surface area contributed by atoms with Crippen molar-refractivity contribution in [3.05, 3.63) is 18.2 Å². The number of hydrogen-bond donors (Lipinski definition) is 2. The van der Waals surface area contributed by atoms with Crippen LogP contribution in [-0.2, 0) is 9.59 Å². The maximum absolute atomic E-state index is 12.3. The summed E-state index contributed by atoms with van der Waals surface area (Å²) < 4.78 is 11.2. The second-order valence-corrected chi connectivity index (χ2v) is 7.36. The first-order valence-corrected chi connectivity index (χ1v) is 8.99. The van der Waals surface area contributed by atoms with Crippen molar-refractivity contribution in [2.75, 3.05) is 38.2 Å². The van der Waals surface area contributed by atoms with E-state index in [0.717, 1.165) is 6.42 Å². The molecule has 0 saturated heterocycles. The molecule has 1 aliphatic rings. The Kier molecular flexibility index (Phi) is 6.85. The molecule has 2 N–H and O–H groups in total. The monoisotopic (exact) mass is 363 g/mol. The van der Waals surface area contributed by atoms with Gasteiger partial charge in [0.2, 0.25) is 11.8 Å². The van der Waals surface area contributed by atoms with E-state index in [1.807, 2.05) is 27.7 Å². The Labute approximate surface area is 155 Å². The van der Waals surface area contributed by atoms with Gasteiger partial charge >= 0.3 is 0 Å². The Morgan fingerprint density at radius 2 is 1.73 bits per heavy atom. The lowest BCUT2D eigenvalue weighted by molar-refractivity contribution is -0.124. The topological polar surface area (TPSA) is 79.9 Å². The Bertz CT molecular complexity index is 640. The normalized spacial score (nSPS) is 13.9. The number of carbonyl (C=O) groups is 2. The van der Waals surface area contributed by atoms with Crippen LogP contribution in [0, 0.1) is 0 Å². The van der Waals surface area contributed by atoms with E-state index in [0.29, 0.717) is 36.9 Å². The highest BCUT2D eigenvalue weighted by Gasteiger charge is 2.18. The summed E-state index contributed by atoms with van der Waals surface area (Å²) in [5.41, 5.74) is 0.359. The van der Waals surface area contributed by atoms with Gasteiger partial charge in [0.1, 0.15) is 0 Å². The minimum atomic E-state index is -0.289. The molecule has 0 spiro atoms. The van der Waals surface area contributed by atoms with Crippen molar-refractivity contribution in [2.24, 2.45) is 0 Å². The number of rotatable bonds is 6. The van der Waals surface area contributed by atoms with Crippen LogP contribution in [0.4, 0.5) is 5.69 Å². The number of nitrogens with zero attached hydrogens (tertiary/aromatic N) is 1. The van der Waals surface area contributed by atoms with E-state index in [1.54, 1.807) is 23.1 Å². The number of amides is 2. The van der Waals surface area contributed by atoms with Crippen LogP contribution in [0.15, 0.2) is 18.2 Å². The SMILES string of the molecule is CCN(CC(=O)Nc1ccc2c(c1)OCCCO2)CC(=O)NC(C)(C)C. The zero-order valence-electron chi connectivity index (χ0n) is 16.1. The molecule has 7 heteroatoms. The van der Waals surface area contributed by atoms with Crippen molar-refractivity contribution in [3.8, 4) is 11.5 Å². The van der Waals surface area contributed by atoms with Crippen LogP contribution in [0.3, 0.4) is 0 Å². The van der Waals surface area contributed by atoms with Crippen molar-refractivity contribution in [3.63, 3.8) is 0 Å². The fraction of sp³-hybridized carbons (Fsp3) is 0.579. The number of hydrogen-bond acceptors (Lipinski definition) is 5. The van der Waals surface area contributed by atoms with E-state index >= 15 is 0 Å². The third-order valence-electron chi connectivity index (χ3n) is 3.73. The fourth-order valence-corrected chi connectivity index (χ4v) is 2.59. The van der Waals surface area contributed by atoms with E-state index in [-0.39, 0.29) is 30.4 Å². The van der Waals surface area contributed by atoms with Gasteiger partial charge in [-0.3, -0.25) is 14.5 Å². The number of ether oxygens (including phenoxy) is 2. The van der Waals surface area contributed by atoms with Gasteiger partial charge in [-0.05, 0) is 39.4 Å². The van der Waals surface area contributed by atoms with Gasteiger partial charge < -0.3 is 20.1 Å². The Balaban J connectivity index is 1.90. The molecule has 2 amide bonds. The molecule has 0 radical (unpaired) electrons. The minimum absolute atomic E-state index is 0.0947. The second-order valence-electron chi connectivity index (χ2n) is 7.36. The van der Waals surface area contributed by atoms with E-state index < -0.39 is 0 Å². The molecule has 144 valence electrons. The molecule has 0 unspecified atom stereocenters. The maximum atomic E-state index is 12.3. The third-order valence-corrected chi connectivity index (χ3v) is 3.73. The molecule has 2 rings (SSSR count). The molecule has 1 heterocycles. The lowest BCUT2D eigenvalue weighted by Gasteiger charge is -2.24. The van der Waals surface area contributed by atoms with Crippen LogP contribution in [0.2, 0.25) is 0 Å². The standard InChI is InChI=1S/C19H29N3O4/c1-5-22(13-18(24)21-19(2,3)4)12-17(23)20-14-7-8-15-16(11-14)26-10-6-9-25-15/h7-8,11H,5-6,9-10,12-13H2,1-4H3,(H,20,23)(H,21,24). The molecule has 1 aromatic carbocycles. The number of likely N-dealkylation sites (N-methyl/N-ethyl adjacent to an activating group) is 1. The lowest BCUT2D eigenvalue weighted by atomic mass is 10.1. The highest BCUT2D eigenvalue weighted by molar-refractivity contribution is 5.93. The summed E-state index contributed by atoms with van der Waals surface area (Å²) in [6.45, 7) is 9.86. The van der Waals surface area contributed by atoms with Crippen LogP contribution in [0.1, 0.15) is 34.1 Å². The van der Waals surface area contributed by atoms with Gasteiger partial charge in [-0.25, -0.2) is 0 Å².